The molecule has 0 bridgehead atoms. The molecule has 0 aliphatic heterocycles. The number of hydrazone groups is 1. The number of anilines is 1. The second kappa shape index (κ2) is 8.86. The van der Waals surface area contributed by atoms with E-state index >= 15 is 0 Å². The summed E-state index contributed by atoms with van der Waals surface area (Å²) in [6.07, 6.45) is 1.44. The Morgan fingerprint density at radius 1 is 1.31 bits per heavy atom. The number of hydrogen-bond acceptors (Lipinski definition) is 5. The zero-order valence-electron chi connectivity index (χ0n) is 14.3. The van der Waals surface area contributed by atoms with Gasteiger partial charge in [0.15, 0.2) is 5.11 Å². The average molecular weight is 375 g/mol. The van der Waals surface area contributed by atoms with Crippen molar-refractivity contribution in [1.82, 2.24) is 10.7 Å². The van der Waals surface area contributed by atoms with E-state index in [0.717, 1.165) is 5.56 Å². The first-order valence-electron chi connectivity index (χ1n) is 7.64. The SMILES string of the molecule is CN(C)c1ccc(/C=N\NC(=S)NCc2ccc(F)cc2)cc1[N+](=O)[O-]. The highest BCUT2D eigenvalue weighted by Crippen LogP contribution is 2.27. The summed E-state index contributed by atoms with van der Waals surface area (Å²) in [6.45, 7) is 0.421. The highest BCUT2D eigenvalue weighted by atomic mass is 32.1. The van der Waals surface area contributed by atoms with E-state index in [4.69, 9.17) is 12.2 Å². The van der Waals surface area contributed by atoms with Crippen LogP contribution in [0.25, 0.3) is 0 Å². The molecule has 0 aliphatic carbocycles. The van der Waals surface area contributed by atoms with Gasteiger partial charge in [0.2, 0.25) is 0 Å². The Labute approximate surface area is 155 Å². The van der Waals surface area contributed by atoms with E-state index in [1.807, 2.05) is 0 Å². The van der Waals surface area contributed by atoms with Crippen LogP contribution in [-0.4, -0.2) is 30.3 Å². The number of nitrogens with zero attached hydrogens (tertiary/aromatic N) is 3. The fourth-order valence-electron chi connectivity index (χ4n) is 2.13. The van der Waals surface area contributed by atoms with Gasteiger partial charge in [0.1, 0.15) is 11.5 Å². The van der Waals surface area contributed by atoms with Crippen molar-refractivity contribution in [3.63, 3.8) is 0 Å². The maximum atomic E-state index is 12.8. The molecule has 2 N–H and O–H groups in total. The Morgan fingerprint density at radius 3 is 2.62 bits per heavy atom. The van der Waals surface area contributed by atoms with E-state index in [1.54, 1.807) is 43.3 Å². The Kier molecular flexibility index (Phi) is 6.56. The summed E-state index contributed by atoms with van der Waals surface area (Å²) in [5.41, 5.74) is 4.58. The van der Waals surface area contributed by atoms with Crippen LogP contribution in [0.3, 0.4) is 0 Å². The van der Waals surface area contributed by atoms with Crippen LogP contribution in [0.1, 0.15) is 11.1 Å². The van der Waals surface area contributed by atoms with Gasteiger partial charge in [0.25, 0.3) is 5.69 Å². The summed E-state index contributed by atoms with van der Waals surface area (Å²) in [5, 5.41) is 18.3. The molecule has 2 aromatic rings. The third-order valence-corrected chi connectivity index (χ3v) is 3.66. The number of thiocarbonyl (C=S) groups is 1. The lowest BCUT2D eigenvalue weighted by Crippen LogP contribution is -2.31. The summed E-state index contributed by atoms with van der Waals surface area (Å²) in [7, 11) is 3.48. The van der Waals surface area contributed by atoms with Gasteiger partial charge in [-0.1, -0.05) is 18.2 Å². The number of nitro benzene ring substituents is 1. The molecule has 0 amide bonds. The van der Waals surface area contributed by atoms with E-state index in [2.05, 4.69) is 15.8 Å². The molecule has 9 heteroatoms. The number of benzene rings is 2. The van der Waals surface area contributed by atoms with Crippen LogP contribution in [0.2, 0.25) is 0 Å². The van der Waals surface area contributed by atoms with Gasteiger partial charge in [-0.2, -0.15) is 5.10 Å². The Morgan fingerprint density at radius 2 is 2.00 bits per heavy atom. The molecule has 0 spiro atoms. The highest BCUT2D eigenvalue weighted by Gasteiger charge is 2.15. The summed E-state index contributed by atoms with van der Waals surface area (Å²) in [4.78, 5) is 12.4. The first-order chi connectivity index (χ1) is 12.4. The minimum atomic E-state index is -0.436. The second-order valence-corrected chi connectivity index (χ2v) is 5.99. The van der Waals surface area contributed by atoms with Crippen molar-refractivity contribution in [3.8, 4) is 0 Å². The molecule has 0 atom stereocenters. The van der Waals surface area contributed by atoms with Gasteiger partial charge in [-0.25, -0.2) is 4.39 Å². The molecule has 0 saturated carbocycles. The number of nitro groups is 1. The maximum absolute atomic E-state index is 12.8. The van der Waals surface area contributed by atoms with Crippen molar-refractivity contribution in [3.05, 3.63) is 69.5 Å². The average Bonchev–Trinajstić information content (AvgIpc) is 2.61. The van der Waals surface area contributed by atoms with Gasteiger partial charge in [-0.05, 0) is 36.0 Å². The summed E-state index contributed by atoms with van der Waals surface area (Å²) < 4.78 is 12.8. The largest absolute Gasteiger partial charge is 0.372 e. The summed E-state index contributed by atoms with van der Waals surface area (Å²) >= 11 is 5.09. The summed E-state index contributed by atoms with van der Waals surface area (Å²) in [6, 6.07) is 10.9. The van der Waals surface area contributed by atoms with Crippen LogP contribution in [0.4, 0.5) is 15.8 Å². The molecule has 0 radical (unpaired) electrons. The van der Waals surface area contributed by atoms with Gasteiger partial charge in [0.05, 0.1) is 11.1 Å². The smallest absolute Gasteiger partial charge is 0.293 e. The number of nitrogens with one attached hydrogen (secondary N) is 2. The molecular formula is C17H18FN5O2S. The zero-order chi connectivity index (χ0) is 19.1. The maximum Gasteiger partial charge on any atom is 0.293 e. The van der Waals surface area contributed by atoms with E-state index in [1.165, 1.54) is 24.4 Å². The van der Waals surface area contributed by atoms with Gasteiger partial charge in [-0.15, -0.1) is 0 Å². The van der Waals surface area contributed by atoms with E-state index in [0.29, 0.717) is 17.8 Å². The number of halogens is 1. The van der Waals surface area contributed by atoms with E-state index in [-0.39, 0.29) is 16.6 Å². The van der Waals surface area contributed by atoms with E-state index in [9.17, 15) is 14.5 Å². The van der Waals surface area contributed by atoms with Crippen LogP contribution < -0.4 is 15.6 Å². The van der Waals surface area contributed by atoms with E-state index < -0.39 is 4.92 Å². The van der Waals surface area contributed by atoms with Crippen molar-refractivity contribution in [2.75, 3.05) is 19.0 Å². The van der Waals surface area contributed by atoms with Gasteiger partial charge in [-0.3, -0.25) is 15.5 Å². The first-order valence-corrected chi connectivity index (χ1v) is 8.05. The molecule has 26 heavy (non-hydrogen) atoms. The molecule has 0 aliphatic rings. The molecule has 2 rings (SSSR count). The molecule has 0 heterocycles. The topological polar surface area (TPSA) is 82.8 Å². The normalized spacial score (nSPS) is 10.6. The van der Waals surface area contributed by atoms with Crippen LogP contribution in [0.5, 0.6) is 0 Å². The minimum absolute atomic E-state index is 0.00374. The van der Waals surface area contributed by atoms with Crippen molar-refractivity contribution in [2.24, 2.45) is 5.10 Å². The standard InChI is InChI=1S/C17H18FN5O2S/c1-22(2)15-8-5-13(9-16(15)23(24)25)11-20-21-17(26)19-10-12-3-6-14(18)7-4-12/h3-9,11H,10H2,1-2H3,(H2,19,21,26)/b20-11-. The predicted molar refractivity (Wildman–Crippen MR) is 104 cm³/mol. The molecule has 0 aromatic heterocycles. The minimum Gasteiger partial charge on any atom is -0.372 e. The van der Waals surface area contributed by atoms with Gasteiger partial charge < -0.3 is 10.2 Å². The fraction of sp³-hybridized carbons (Fsp3) is 0.176. The molecule has 2 aromatic carbocycles. The second-order valence-electron chi connectivity index (χ2n) is 5.58. The van der Waals surface area contributed by atoms with Crippen molar-refractivity contribution in [1.29, 1.82) is 0 Å². The molecule has 0 fully saturated rings. The monoisotopic (exact) mass is 375 g/mol. The predicted octanol–water partition coefficient (Wildman–Crippen LogP) is 2.80. The molecule has 7 nitrogen and oxygen atoms in total. The number of rotatable bonds is 6. The zero-order valence-corrected chi connectivity index (χ0v) is 15.1. The first kappa shape index (κ1) is 19.3. The molecule has 0 unspecified atom stereocenters. The Balaban J connectivity index is 1.93. The third kappa shape index (κ3) is 5.49. The Bertz CT molecular complexity index is 824. The third-order valence-electron chi connectivity index (χ3n) is 3.42. The highest BCUT2D eigenvalue weighted by molar-refractivity contribution is 7.80. The number of hydrogen-bond donors (Lipinski definition) is 2. The lowest BCUT2D eigenvalue weighted by Gasteiger charge is -2.12. The van der Waals surface area contributed by atoms with Crippen LogP contribution >= 0.6 is 12.2 Å². The molecule has 136 valence electrons. The quantitative estimate of drug-likeness (QED) is 0.350. The Hall–Kier alpha value is -3.07. The van der Waals surface area contributed by atoms with Crippen LogP contribution in [-0.2, 0) is 6.54 Å². The molecular weight excluding hydrogens is 357 g/mol. The molecule has 0 saturated heterocycles. The van der Waals surface area contributed by atoms with Crippen LogP contribution in [0, 0.1) is 15.9 Å². The van der Waals surface area contributed by atoms with Gasteiger partial charge >= 0.3 is 0 Å². The van der Waals surface area contributed by atoms with Crippen molar-refractivity contribution < 1.29 is 9.31 Å². The lowest BCUT2D eigenvalue weighted by atomic mass is 10.2. The summed E-state index contributed by atoms with van der Waals surface area (Å²) in [5.74, 6) is -0.298. The van der Waals surface area contributed by atoms with Crippen LogP contribution in [0.15, 0.2) is 47.6 Å². The van der Waals surface area contributed by atoms with Gasteiger partial charge in [0, 0.05) is 32.3 Å². The van der Waals surface area contributed by atoms with Crippen molar-refractivity contribution in [2.45, 2.75) is 6.54 Å². The fourth-order valence-corrected chi connectivity index (χ4v) is 2.26. The van der Waals surface area contributed by atoms with Crippen molar-refractivity contribution >= 4 is 34.9 Å². The lowest BCUT2D eigenvalue weighted by molar-refractivity contribution is -0.384.